The van der Waals surface area contributed by atoms with Gasteiger partial charge >= 0.3 is 0 Å². The molecule has 0 saturated carbocycles. The molecule has 5 heteroatoms. The normalized spacial score (nSPS) is 12.6. The maximum Gasteiger partial charge on any atom is 0.256 e. The van der Waals surface area contributed by atoms with Crippen LogP contribution in [0.5, 0.6) is 0 Å². The van der Waals surface area contributed by atoms with Crippen molar-refractivity contribution in [2.45, 2.75) is 33.2 Å². The van der Waals surface area contributed by atoms with Crippen molar-refractivity contribution in [3.63, 3.8) is 0 Å². The number of amides is 1. The van der Waals surface area contributed by atoms with Crippen molar-refractivity contribution in [2.75, 3.05) is 0 Å². The van der Waals surface area contributed by atoms with Crippen LogP contribution in [-0.4, -0.2) is 21.7 Å². The lowest BCUT2D eigenvalue weighted by Crippen LogP contribution is -2.32. The summed E-state index contributed by atoms with van der Waals surface area (Å²) in [6.07, 6.45) is 0.892. The molecule has 15 heavy (non-hydrogen) atoms. The van der Waals surface area contributed by atoms with E-state index in [2.05, 4.69) is 10.4 Å². The lowest BCUT2D eigenvalue weighted by molar-refractivity contribution is 0.0939. The van der Waals surface area contributed by atoms with E-state index in [4.69, 9.17) is 11.6 Å². The number of halogens is 1. The Labute approximate surface area is 94.6 Å². The molecule has 4 nitrogen and oxygen atoms in total. The first kappa shape index (κ1) is 12.0. The van der Waals surface area contributed by atoms with Gasteiger partial charge in [-0.3, -0.25) is 9.48 Å². The van der Waals surface area contributed by atoms with Crippen LogP contribution in [0.4, 0.5) is 0 Å². The van der Waals surface area contributed by atoms with Gasteiger partial charge in [0.1, 0.15) is 5.15 Å². The molecule has 1 aromatic heterocycles. The fourth-order valence-electron chi connectivity index (χ4n) is 1.29. The van der Waals surface area contributed by atoms with E-state index in [1.807, 2.05) is 13.8 Å². The molecule has 0 aromatic carbocycles. The van der Waals surface area contributed by atoms with Crippen LogP contribution in [0, 0.1) is 6.92 Å². The van der Waals surface area contributed by atoms with Gasteiger partial charge in [-0.05, 0) is 20.3 Å². The fourth-order valence-corrected chi connectivity index (χ4v) is 1.55. The average molecular weight is 230 g/mol. The summed E-state index contributed by atoms with van der Waals surface area (Å²) in [6, 6.07) is 0.146. The maximum absolute atomic E-state index is 11.8. The minimum absolute atomic E-state index is 0.146. The van der Waals surface area contributed by atoms with Gasteiger partial charge in [0.25, 0.3) is 5.91 Å². The van der Waals surface area contributed by atoms with Crippen LogP contribution >= 0.6 is 11.6 Å². The number of hydrogen-bond acceptors (Lipinski definition) is 2. The zero-order valence-electron chi connectivity index (χ0n) is 9.47. The molecule has 1 atom stereocenters. The minimum atomic E-state index is -0.153. The van der Waals surface area contributed by atoms with E-state index < -0.39 is 0 Å². The summed E-state index contributed by atoms with van der Waals surface area (Å²) in [7, 11) is 1.72. The van der Waals surface area contributed by atoms with E-state index in [1.54, 1.807) is 14.0 Å². The van der Waals surface area contributed by atoms with Gasteiger partial charge in [0.2, 0.25) is 0 Å². The SMILES string of the molecule is CCC(C)NC(=O)c1c(C)nn(C)c1Cl. The Morgan fingerprint density at radius 3 is 2.67 bits per heavy atom. The Hall–Kier alpha value is -1.03. The van der Waals surface area contributed by atoms with Crippen molar-refractivity contribution < 1.29 is 4.79 Å². The van der Waals surface area contributed by atoms with Crippen molar-refractivity contribution in [2.24, 2.45) is 7.05 Å². The minimum Gasteiger partial charge on any atom is -0.349 e. The van der Waals surface area contributed by atoms with Crippen molar-refractivity contribution in [3.8, 4) is 0 Å². The number of hydrogen-bond donors (Lipinski definition) is 1. The summed E-state index contributed by atoms with van der Waals surface area (Å²) in [4.78, 5) is 11.8. The lowest BCUT2D eigenvalue weighted by Gasteiger charge is -2.10. The van der Waals surface area contributed by atoms with E-state index in [-0.39, 0.29) is 11.9 Å². The van der Waals surface area contributed by atoms with Gasteiger partial charge in [-0.15, -0.1) is 0 Å². The number of carbonyl (C=O) groups excluding carboxylic acids is 1. The predicted octanol–water partition coefficient (Wildman–Crippen LogP) is 1.91. The molecular formula is C10H16ClN3O. The van der Waals surface area contributed by atoms with Gasteiger partial charge in [-0.25, -0.2) is 0 Å². The van der Waals surface area contributed by atoms with E-state index in [9.17, 15) is 4.79 Å². The summed E-state index contributed by atoms with van der Waals surface area (Å²) < 4.78 is 1.50. The molecule has 1 rings (SSSR count). The molecule has 0 aliphatic heterocycles. The van der Waals surface area contributed by atoms with E-state index in [0.717, 1.165) is 6.42 Å². The molecule has 0 saturated heterocycles. The maximum atomic E-state index is 11.8. The first-order valence-corrected chi connectivity index (χ1v) is 5.35. The molecule has 1 aromatic rings. The molecule has 1 unspecified atom stereocenters. The van der Waals surface area contributed by atoms with Gasteiger partial charge in [0.15, 0.2) is 0 Å². The highest BCUT2D eigenvalue weighted by Gasteiger charge is 2.19. The molecule has 0 bridgehead atoms. The molecule has 1 amide bonds. The third-order valence-electron chi connectivity index (χ3n) is 2.37. The number of rotatable bonds is 3. The average Bonchev–Trinajstić information content (AvgIpc) is 2.41. The summed E-state index contributed by atoms with van der Waals surface area (Å²) in [5.41, 5.74) is 1.13. The predicted molar refractivity (Wildman–Crippen MR) is 60.2 cm³/mol. The third kappa shape index (κ3) is 2.50. The Morgan fingerprint density at radius 2 is 2.27 bits per heavy atom. The monoisotopic (exact) mass is 229 g/mol. The summed E-state index contributed by atoms with van der Waals surface area (Å²) in [5, 5.41) is 7.34. The molecule has 0 spiro atoms. The van der Waals surface area contributed by atoms with E-state index in [0.29, 0.717) is 16.4 Å². The van der Waals surface area contributed by atoms with Crippen LogP contribution in [0.3, 0.4) is 0 Å². The number of nitrogens with zero attached hydrogens (tertiary/aromatic N) is 2. The van der Waals surface area contributed by atoms with E-state index >= 15 is 0 Å². The zero-order valence-corrected chi connectivity index (χ0v) is 10.2. The molecule has 1 N–H and O–H groups in total. The van der Waals surface area contributed by atoms with E-state index in [1.165, 1.54) is 4.68 Å². The molecule has 0 aliphatic rings. The number of aryl methyl sites for hydroxylation is 2. The third-order valence-corrected chi connectivity index (χ3v) is 2.80. The second-order valence-corrected chi connectivity index (χ2v) is 4.02. The number of carbonyl (C=O) groups is 1. The lowest BCUT2D eigenvalue weighted by atomic mass is 10.2. The quantitative estimate of drug-likeness (QED) is 0.861. The van der Waals surface area contributed by atoms with Gasteiger partial charge in [0, 0.05) is 13.1 Å². The van der Waals surface area contributed by atoms with Crippen molar-refractivity contribution >= 4 is 17.5 Å². The standard InChI is InChI=1S/C10H16ClN3O/c1-5-6(2)12-10(15)8-7(3)13-14(4)9(8)11/h6H,5H2,1-4H3,(H,12,15). The van der Waals surface area contributed by atoms with Crippen LogP contribution in [0.15, 0.2) is 0 Å². The topological polar surface area (TPSA) is 46.9 Å². The fraction of sp³-hybridized carbons (Fsp3) is 0.600. The largest absolute Gasteiger partial charge is 0.349 e. The smallest absolute Gasteiger partial charge is 0.256 e. The summed E-state index contributed by atoms with van der Waals surface area (Å²) >= 11 is 5.98. The number of nitrogens with one attached hydrogen (secondary N) is 1. The molecule has 0 fully saturated rings. The molecule has 0 radical (unpaired) electrons. The van der Waals surface area contributed by atoms with Gasteiger partial charge in [0.05, 0.1) is 11.3 Å². The van der Waals surface area contributed by atoms with Crippen molar-refractivity contribution in [3.05, 3.63) is 16.4 Å². The zero-order chi connectivity index (χ0) is 11.6. The molecular weight excluding hydrogens is 214 g/mol. The highest BCUT2D eigenvalue weighted by atomic mass is 35.5. The molecule has 84 valence electrons. The van der Waals surface area contributed by atoms with Crippen LogP contribution in [-0.2, 0) is 7.05 Å². The Kier molecular flexibility index (Phi) is 3.74. The summed E-state index contributed by atoms with van der Waals surface area (Å²) in [6.45, 7) is 5.75. The van der Waals surface area contributed by atoms with Gasteiger partial charge < -0.3 is 5.32 Å². The Balaban J connectivity index is 2.91. The molecule has 0 aliphatic carbocycles. The van der Waals surface area contributed by atoms with Crippen molar-refractivity contribution in [1.82, 2.24) is 15.1 Å². The van der Waals surface area contributed by atoms with Gasteiger partial charge in [-0.1, -0.05) is 18.5 Å². The van der Waals surface area contributed by atoms with Gasteiger partial charge in [-0.2, -0.15) is 5.10 Å². The highest BCUT2D eigenvalue weighted by Crippen LogP contribution is 2.18. The first-order valence-electron chi connectivity index (χ1n) is 4.97. The van der Waals surface area contributed by atoms with Crippen LogP contribution in [0.25, 0.3) is 0 Å². The second kappa shape index (κ2) is 4.66. The Bertz CT molecular complexity index is 373. The summed E-state index contributed by atoms with van der Waals surface area (Å²) in [5.74, 6) is -0.153. The van der Waals surface area contributed by atoms with Crippen molar-refractivity contribution in [1.29, 1.82) is 0 Å². The Morgan fingerprint density at radius 1 is 1.67 bits per heavy atom. The highest BCUT2D eigenvalue weighted by molar-refractivity contribution is 6.33. The number of aromatic nitrogens is 2. The second-order valence-electron chi connectivity index (χ2n) is 3.66. The van der Waals surface area contributed by atoms with Crippen LogP contribution in [0.1, 0.15) is 36.3 Å². The van der Waals surface area contributed by atoms with Crippen LogP contribution in [0.2, 0.25) is 5.15 Å². The van der Waals surface area contributed by atoms with Crippen LogP contribution < -0.4 is 5.32 Å². The first-order chi connectivity index (χ1) is 6.97. The molecule has 1 heterocycles.